The van der Waals surface area contributed by atoms with Gasteiger partial charge in [0.05, 0.1) is 18.3 Å². The Kier molecular flexibility index (Phi) is 6.11. The molecule has 0 aliphatic heterocycles. The summed E-state index contributed by atoms with van der Waals surface area (Å²) in [7, 11) is 1.61. The molecular weight excluding hydrogens is 344 g/mol. The van der Waals surface area contributed by atoms with Crippen molar-refractivity contribution in [2.45, 2.75) is 44.8 Å². The zero-order chi connectivity index (χ0) is 19.2. The molecule has 1 fully saturated rings. The Hall–Kier alpha value is -2.83. The molecule has 7 nitrogen and oxygen atoms in total. The normalized spacial score (nSPS) is 15.3. The summed E-state index contributed by atoms with van der Waals surface area (Å²) in [5, 5.41) is 6.94. The Bertz CT molecular complexity index is 769. The standard InChI is InChI=1S/C20H26N4O3/c1-15(24-13-7-12-21-24)20(26)23(2)14-19(25)22-17-10-5-6-11-18(17)27-16-8-3-4-9-16/h5-7,10-13,15-16H,3-4,8-9,14H2,1-2H3,(H,22,25). The van der Waals surface area contributed by atoms with E-state index in [0.29, 0.717) is 11.4 Å². The highest BCUT2D eigenvalue weighted by atomic mass is 16.5. The average molecular weight is 370 g/mol. The van der Waals surface area contributed by atoms with E-state index >= 15 is 0 Å². The molecule has 1 aromatic heterocycles. The quantitative estimate of drug-likeness (QED) is 0.813. The van der Waals surface area contributed by atoms with Crippen LogP contribution < -0.4 is 10.1 Å². The Morgan fingerprint density at radius 2 is 2.04 bits per heavy atom. The molecule has 144 valence electrons. The molecule has 1 saturated carbocycles. The van der Waals surface area contributed by atoms with Crippen molar-refractivity contribution < 1.29 is 14.3 Å². The molecule has 1 unspecified atom stereocenters. The predicted octanol–water partition coefficient (Wildman–Crippen LogP) is 2.86. The molecule has 1 aliphatic rings. The van der Waals surface area contributed by atoms with Gasteiger partial charge in [0.1, 0.15) is 11.8 Å². The van der Waals surface area contributed by atoms with Crippen molar-refractivity contribution in [2.75, 3.05) is 18.9 Å². The number of para-hydroxylation sites is 2. The van der Waals surface area contributed by atoms with Crippen LogP contribution in [-0.4, -0.2) is 46.2 Å². The van der Waals surface area contributed by atoms with Crippen molar-refractivity contribution in [2.24, 2.45) is 0 Å². The van der Waals surface area contributed by atoms with Crippen LogP contribution in [0.5, 0.6) is 5.75 Å². The number of carbonyl (C=O) groups is 2. The van der Waals surface area contributed by atoms with Crippen LogP contribution in [0.25, 0.3) is 0 Å². The monoisotopic (exact) mass is 370 g/mol. The largest absolute Gasteiger partial charge is 0.488 e. The molecule has 1 aromatic carbocycles. The number of likely N-dealkylation sites (N-methyl/N-ethyl adjacent to an activating group) is 1. The van der Waals surface area contributed by atoms with Crippen LogP contribution in [0.4, 0.5) is 5.69 Å². The maximum absolute atomic E-state index is 12.5. The first-order valence-corrected chi connectivity index (χ1v) is 9.34. The molecule has 7 heteroatoms. The summed E-state index contributed by atoms with van der Waals surface area (Å²) in [6.45, 7) is 1.72. The van der Waals surface area contributed by atoms with E-state index in [-0.39, 0.29) is 24.5 Å². The lowest BCUT2D eigenvalue weighted by molar-refractivity contribution is -0.136. The third kappa shape index (κ3) is 4.87. The van der Waals surface area contributed by atoms with Crippen molar-refractivity contribution in [1.82, 2.24) is 14.7 Å². The fourth-order valence-corrected chi connectivity index (χ4v) is 3.28. The first kappa shape index (κ1) is 18.9. The van der Waals surface area contributed by atoms with Crippen LogP contribution in [0.2, 0.25) is 0 Å². The number of nitrogens with one attached hydrogen (secondary N) is 1. The number of amides is 2. The number of nitrogens with zero attached hydrogens (tertiary/aromatic N) is 3. The lowest BCUT2D eigenvalue weighted by Gasteiger charge is -2.22. The number of hydrogen-bond acceptors (Lipinski definition) is 4. The van der Waals surface area contributed by atoms with Crippen LogP contribution in [0.1, 0.15) is 38.6 Å². The van der Waals surface area contributed by atoms with Gasteiger partial charge in [-0.15, -0.1) is 0 Å². The van der Waals surface area contributed by atoms with Crippen LogP contribution in [0, 0.1) is 0 Å². The number of rotatable bonds is 7. The van der Waals surface area contributed by atoms with Crippen molar-refractivity contribution >= 4 is 17.5 Å². The van der Waals surface area contributed by atoms with Gasteiger partial charge in [0.15, 0.2) is 0 Å². The van der Waals surface area contributed by atoms with Crippen molar-refractivity contribution in [3.8, 4) is 5.75 Å². The maximum Gasteiger partial charge on any atom is 0.247 e. The van der Waals surface area contributed by atoms with Crippen molar-refractivity contribution in [3.05, 3.63) is 42.7 Å². The Labute approximate surface area is 159 Å². The van der Waals surface area contributed by atoms with Crippen LogP contribution in [-0.2, 0) is 9.59 Å². The maximum atomic E-state index is 12.5. The summed E-state index contributed by atoms with van der Waals surface area (Å²) in [6.07, 6.45) is 8.02. The molecule has 27 heavy (non-hydrogen) atoms. The Morgan fingerprint density at radius 1 is 1.30 bits per heavy atom. The molecule has 0 bridgehead atoms. The van der Waals surface area contributed by atoms with E-state index in [1.165, 1.54) is 17.7 Å². The molecule has 1 aliphatic carbocycles. The smallest absolute Gasteiger partial charge is 0.247 e. The van der Waals surface area contributed by atoms with Crippen LogP contribution in [0.15, 0.2) is 42.7 Å². The number of ether oxygens (including phenoxy) is 1. The molecule has 0 saturated heterocycles. The van der Waals surface area contributed by atoms with Crippen molar-refractivity contribution in [1.29, 1.82) is 0 Å². The van der Waals surface area contributed by atoms with Gasteiger partial charge in [-0.3, -0.25) is 14.3 Å². The summed E-state index contributed by atoms with van der Waals surface area (Å²) in [5.41, 5.74) is 0.635. The first-order chi connectivity index (χ1) is 13.0. The third-order valence-electron chi connectivity index (χ3n) is 4.79. The first-order valence-electron chi connectivity index (χ1n) is 9.34. The predicted molar refractivity (Wildman–Crippen MR) is 103 cm³/mol. The van der Waals surface area contributed by atoms with Gasteiger partial charge < -0.3 is 15.0 Å². The molecule has 2 amide bonds. The molecule has 1 N–H and O–H groups in total. The highest BCUT2D eigenvalue weighted by Gasteiger charge is 2.22. The van der Waals surface area contributed by atoms with Crippen molar-refractivity contribution in [3.63, 3.8) is 0 Å². The van der Waals surface area contributed by atoms with Gasteiger partial charge in [-0.05, 0) is 50.8 Å². The summed E-state index contributed by atoms with van der Waals surface area (Å²) in [5.74, 6) is 0.238. The fraction of sp³-hybridized carbons (Fsp3) is 0.450. The summed E-state index contributed by atoms with van der Waals surface area (Å²) in [6, 6.07) is 8.72. The van der Waals surface area contributed by atoms with Crippen LogP contribution in [0.3, 0.4) is 0 Å². The second kappa shape index (κ2) is 8.70. The number of benzene rings is 1. The van der Waals surface area contributed by atoms with E-state index in [4.69, 9.17) is 4.74 Å². The van der Waals surface area contributed by atoms with Crippen LogP contribution >= 0.6 is 0 Å². The highest BCUT2D eigenvalue weighted by molar-refractivity contribution is 5.96. The Balaban J connectivity index is 1.58. The molecule has 3 rings (SSSR count). The highest BCUT2D eigenvalue weighted by Crippen LogP contribution is 2.29. The van der Waals surface area contributed by atoms with Gasteiger partial charge in [0.2, 0.25) is 11.8 Å². The lowest BCUT2D eigenvalue weighted by atomic mass is 10.2. The summed E-state index contributed by atoms with van der Waals surface area (Å²) >= 11 is 0. The molecule has 2 aromatic rings. The second-order valence-electron chi connectivity index (χ2n) is 6.92. The van der Waals surface area contributed by atoms with Gasteiger partial charge in [-0.1, -0.05) is 12.1 Å². The minimum atomic E-state index is -0.462. The zero-order valence-corrected chi connectivity index (χ0v) is 15.8. The van der Waals surface area contributed by atoms with Gasteiger partial charge >= 0.3 is 0 Å². The summed E-state index contributed by atoms with van der Waals surface area (Å²) < 4.78 is 7.61. The summed E-state index contributed by atoms with van der Waals surface area (Å²) in [4.78, 5) is 26.3. The number of anilines is 1. The van der Waals surface area contributed by atoms with Gasteiger partial charge in [-0.25, -0.2) is 0 Å². The lowest BCUT2D eigenvalue weighted by Crippen LogP contribution is -2.38. The molecule has 0 radical (unpaired) electrons. The minimum absolute atomic E-state index is 0.0395. The van der Waals surface area contributed by atoms with Gasteiger partial charge in [0, 0.05) is 19.4 Å². The number of hydrogen-bond donors (Lipinski definition) is 1. The molecule has 1 atom stereocenters. The van der Waals surface area contributed by atoms with Gasteiger partial charge in [-0.2, -0.15) is 5.10 Å². The van der Waals surface area contributed by atoms with Gasteiger partial charge in [0.25, 0.3) is 0 Å². The van der Waals surface area contributed by atoms with E-state index in [2.05, 4.69) is 10.4 Å². The van der Waals surface area contributed by atoms with E-state index in [9.17, 15) is 9.59 Å². The van der Waals surface area contributed by atoms with E-state index in [1.807, 2.05) is 24.3 Å². The molecule has 0 spiro atoms. The average Bonchev–Trinajstić information content (AvgIpc) is 3.36. The second-order valence-corrected chi connectivity index (χ2v) is 6.92. The Morgan fingerprint density at radius 3 is 2.74 bits per heavy atom. The fourth-order valence-electron chi connectivity index (χ4n) is 3.28. The topological polar surface area (TPSA) is 76.5 Å². The molecular formula is C20H26N4O3. The number of carbonyl (C=O) groups excluding carboxylic acids is 2. The SMILES string of the molecule is CC(C(=O)N(C)CC(=O)Nc1ccccc1OC1CCCC1)n1cccn1. The van der Waals surface area contributed by atoms with E-state index in [0.717, 1.165) is 12.8 Å². The third-order valence-corrected chi connectivity index (χ3v) is 4.79. The zero-order valence-electron chi connectivity index (χ0n) is 15.8. The number of aromatic nitrogens is 2. The van der Waals surface area contributed by atoms with E-state index < -0.39 is 6.04 Å². The van der Waals surface area contributed by atoms with E-state index in [1.54, 1.807) is 37.1 Å². The molecule has 1 heterocycles. The minimum Gasteiger partial charge on any atom is -0.488 e.